The molecule has 0 radical (unpaired) electrons. The molecule has 35 heavy (non-hydrogen) atoms. The normalized spacial score (nSPS) is 21.7. The summed E-state index contributed by atoms with van der Waals surface area (Å²) in [7, 11) is 0. The van der Waals surface area contributed by atoms with E-state index in [-0.39, 0.29) is 41.5 Å². The average Bonchev–Trinajstić information content (AvgIpc) is 2.79. The van der Waals surface area contributed by atoms with Crippen LogP contribution in [0.1, 0.15) is 93.3 Å². The van der Waals surface area contributed by atoms with Crippen LogP contribution in [0.5, 0.6) is 0 Å². The summed E-state index contributed by atoms with van der Waals surface area (Å²) in [6, 6.07) is 12.6. The maximum absolute atomic E-state index is 14.3. The zero-order chi connectivity index (χ0) is 25.4. The van der Waals surface area contributed by atoms with Gasteiger partial charge in [0.2, 0.25) is 0 Å². The molecule has 2 aliphatic carbocycles. The summed E-state index contributed by atoms with van der Waals surface area (Å²) in [5, 5.41) is 0. The van der Waals surface area contributed by atoms with Gasteiger partial charge in [0.15, 0.2) is 5.78 Å². The zero-order valence-electron chi connectivity index (χ0n) is 22.0. The number of carbonyl (C=O) groups is 3. The first kappa shape index (κ1) is 25.3. The van der Waals surface area contributed by atoms with Crippen molar-refractivity contribution in [3.63, 3.8) is 0 Å². The Morgan fingerprint density at radius 3 is 2.37 bits per heavy atom. The monoisotopic (exact) mass is 470 g/mol. The number of benzene rings is 2. The molecule has 4 rings (SSSR count). The van der Waals surface area contributed by atoms with Gasteiger partial charge in [-0.3, -0.25) is 14.4 Å². The Balaban J connectivity index is 1.91. The minimum absolute atomic E-state index is 0.0179. The van der Waals surface area contributed by atoms with E-state index in [0.717, 1.165) is 59.1 Å². The molecule has 0 spiro atoms. The molecular formula is C32H38O3. The molecule has 184 valence electrons. The van der Waals surface area contributed by atoms with Crippen LogP contribution in [0.2, 0.25) is 0 Å². The second-order valence-electron chi connectivity index (χ2n) is 10.9. The van der Waals surface area contributed by atoms with E-state index in [1.807, 2.05) is 25.1 Å². The van der Waals surface area contributed by atoms with E-state index >= 15 is 0 Å². The molecule has 0 saturated heterocycles. The summed E-state index contributed by atoms with van der Waals surface area (Å²) in [5.74, 6) is 0.311. The van der Waals surface area contributed by atoms with Crippen molar-refractivity contribution in [3.05, 3.63) is 69.8 Å². The molecular weight excluding hydrogens is 432 g/mol. The van der Waals surface area contributed by atoms with Crippen LogP contribution in [-0.4, -0.2) is 17.3 Å². The molecule has 3 unspecified atom stereocenters. The molecule has 2 aromatic rings. The Hall–Kier alpha value is -2.81. The topological polar surface area (TPSA) is 51.2 Å². The Morgan fingerprint density at radius 2 is 1.77 bits per heavy atom. The van der Waals surface area contributed by atoms with Crippen LogP contribution in [0.3, 0.4) is 0 Å². The highest BCUT2D eigenvalue weighted by Crippen LogP contribution is 2.49. The van der Waals surface area contributed by atoms with Gasteiger partial charge in [0.25, 0.3) is 0 Å². The van der Waals surface area contributed by atoms with Gasteiger partial charge in [0.05, 0.1) is 6.42 Å². The van der Waals surface area contributed by atoms with E-state index in [1.165, 1.54) is 18.1 Å². The number of hydrogen-bond donors (Lipinski definition) is 0. The SMILES string of the molecule is CCCC1CC2Cc3c(C(C)C)cc(-c4ccccc4)c(C)c3C(=O)C2=C(C)C1C(=O)CC(C)=O. The van der Waals surface area contributed by atoms with Gasteiger partial charge in [-0.2, -0.15) is 0 Å². The molecule has 0 fully saturated rings. The third-order valence-corrected chi connectivity index (χ3v) is 8.15. The molecule has 2 aromatic carbocycles. The zero-order valence-corrected chi connectivity index (χ0v) is 22.0. The van der Waals surface area contributed by atoms with E-state index in [1.54, 1.807) is 0 Å². The van der Waals surface area contributed by atoms with Gasteiger partial charge in [-0.05, 0) is 85.6 Å². The fourth-order valence-corrected chi connectivity index (χ4v) is 6.72. The molecule has 0 aromatic heterocycles. The second-order valence-corrected chi connectivity index (χ2v) is 10.9. The van der Waals surface area contributed by atoms with Crippen LogP contribution >= 0.6 is 0 Å². The number of fused-ring (bicyclic) bond motifs is 2. The first-order valence-electron chi connectivity index (χ1n) is 13.1. The fourth-order valence-electron chi connectivity index (χ4n) is 6.72. The highest BCUT2D eigenvalue weighted by molar-refractivity contribution is 6.14. The minimum Gasteiger partial charge on any atom is -0.300 e. The van der Waals surface area contributed by atoms with Gasteiger partial charge in [0.1, 0.15) is 11.6 Å². The molecule has 0 bridgehead atoms. The summed E-state index contributed by atoms with van der Waals surface area (Å²) >= 11 is 0. The van der Waals surface area contributed by atoms with Crippen LogP contribution in [0, 0.1) is 24.7 Å². The van der Waals surface area contributed by atoms with Crippen molar-refractivity contribution in [2.24, 2.45) is 17.8 Å². The van der Waals surface area contributed by atoms with E-state index in [0.29, 0.717) is 5.92 Å². The van der Waals surface area contributed by atoms with Crippen LogP contribution in [0.15, 0.2) is 47.5 Å². The Kier molecular flexibility index (Phi) is 7.26. The van der Waals surface area contributed by atoms with Gasteiger partial charge in [0, 0.05) is 17.1 Å². The molecule has 0 aliphatic heterocycles. The van der Waals surface area contributed by atoms with Crippen molar-refractivity contribution in [1.82, 2.24) is 0 Å². The lowest BCUT2D eigenvalue weighted by Gasteiger charge is -2.41. The molecule has 0 N–H and O–H groups in total. The van der Waals surface area contributed by atoms with Crippen molar-refractivity contribution < 1.29 is 14.4 Å². The Morgan fingerprint density at radius 1 is 1.09 bits per heavy atom. The summed E-state index contributed by atoms with van der Waals surface area (Å²) in [6.07, 6.45) is 3.59. The quantitative estimate of drug-likeness (QED) is 0.395. The van der Waals surface area contributed by atoms with Crippen LogP contribution in [0.4, 0.5) is 0 Å². The molecule has 0 heterocycles. The highest BCUT2D eigenvalue weighted by Gasteiger charge is 2.44. The smallest absolute Gasteiger partial charge is 0.189 e. The maximum atomic E-state index is 14.3. The number of carbonyl (C=O) groups excluding carboxylic acids is 3. The molecule has 3 nitrogen and oxygen atoms in total. The third kappa shape index (κ3) is 4.58. The van der Waals surface area contributed by atoms with Crippen molar-refractivity contribution in [1.29, 1.82) is 0 Å². The molecule has 3 heteroatoms. The predicted molar refractivity (Wildman–Crippen MR) is 142 cm³/mol. The predicted octanol–water partition coefficient (Wildman–Crippen LogP) is 7.44. The van der Waals surface area contributed by atoms with Crippen LogP contribution in [-0.2, 0) is 16.0 Å². The van der Waals surface area contributed by atoms with Crippen LogP contribution < -0.4 is 0 Å². The summed E-state index contributed by atoms with van der Waals surface area (Å²) in [6.45, 7) is 12.1. The summed E-state index contributed by atoms with van der Waals surface area (Å²) < 4.78 is 0. The maximum Gasteiger partial charge on any atom is 0.189 e. The first-order chi connectivity index (χ1) is 16.6. The number of hydrogen-bond acceptors (Lipinski definition) is 3. The van der Waals surface area contributed by atoms with Crippen molar-refractivity contribution in [3.8, 4) is 11.1 Å². The minimum atomic E-state index is -0.321. The first-order valence-corrected chi connectivity index (χ1v) is 13.1. The largest absolute Gasteiger partial charge is 0.300 e. The van der Waals surface area contributed by atoms with E-state index in [4.69, 9.17) is 0 Å². The van der Waals surface area contributed by atoms with E-state index in [2.05, 4.69) is 45.9 Å². The molecule has 2 aliphatic rings. The molecule has 0 amide bonds. The van der Waals surface area contributed by atoms with Gasteiger partial charge in [-0.15, -0.1) is 0 Å². The number of rotatable bonds is 7. The van der Waals surface area contributed by atoms with Crippen molar-refractivity contribution >= 4 is 17.3 Å². The van der Waals surface area contributed by atoms with Gasteiger partial charge in [-0.1, -0.05) is 69.2 Å². The van der Waals surface area contributed by atoms with E-state index in [9.17, 15) is 14.4 Å². The summed E-state index contributed by atoms with van der Waals surface area (Å²) in [4.78, 5) is 39.3. The van der Waals surface area contributed by atoms with Gasteiger partial charge in [-0.25, -0.2) is 0 Å². The highest BCUT2D eigenvalue weighted by atomic mass is 16.1. The lowest BCUT2D eigenvalue weighted by Crippen LogP contribution is -2.39. The summed E-state index contributed by atoms with van der Waals surface area (Å²) in [5.41, 5.74) is 8.32. The lowest BCUT2D eigenvalue weighted by molar-refractivity contribution is -0.129. The fraction of sp³-hybridized carbons (Fsp3) is 0.469. The molecule has 3 atom stereocenters. The van der Waals surface area contributed by atoms with Crippen molar-refractivity contribution in [2.45, 2.75) is 79.6 Å². The molecule has 0 saturated carbocycles. The number of ketones is 3. The second kappa shape index (κ2) is 10.0. The third-order valence-electron chi connectivity index (χ3n) is 8.15. The van der Waals surface area contributed by atoms with Gasteiger partial charge >= 0.3 is 0 Å². The van der Waals surface area contributed by atoms with E-state index < -0.39 is 0 Å². The average molecular weight is 471 g/mol. The standard InChI is InChI=1S/C32H38O3/c1-7-11-23-15-24-16-27-25(18(2)3)17-26(22-12-9-8-10-13-22)20(5)31(27)32(35)30(24)21(6)29(23)28(34)14-19(4)33/h8-10,12-13,17-18,23-24,29H,7,11,14-16H2,1-6H3. The van der Waals surface area contributed by atoms with Crippen LogP contribution in [0.25, 0.3) is 11.1 Å². The Bertz CT molecular complexity index is 1200. The Labute approximate surface area is 210 Å². The van der Waals surface area contributed by atoms with Gasteiger partial charge < -0.3 is 0 Å². The number of allylic oxidation sites excluding steroid dienone is 2. The lowest BCUT2D eigenvalue weighted by atomic mass is 9.61. The number of Topliss-reactive ketones (excluding diaryl/α,β-unsaturated/α-hetero) is 3. The van der Waals surface area contributed by atoms with Crippen molar-refractivity contribution in [2.75, 3.05) is 0 Å².